The van der Waals surface area contributed by atoms with Gasteiger partial charge < -0.3 is 10.5 Å². The Kier molecular flexibility index (Phi) is 4.70. The van der Waals surface area contributed by atoms with Gasteiger partial charge >= 0.3 is 5.97 Å². The lowest BCUT2D eigenvalue weighted by Crippen LogP contribution is -2.08. The van der Waals surface area contributed by atoms with E-state index in [9.17, 15) is 4.79 Å². The van der Waals surface area contributed by atoms with Gasteiger partial charge in [0, 0.05) is 6.04 Å². The number of rotatable bonds is 2. The Morgan fingerprint density at radius 1 is 1.17 bits per heavy atom. The highest BCUT2D eigenvalue weighted by atomic mass is 35.5. The standard InChI is InChI=1S/C14H15NO2.ClH/c1-9(15)10-7-8-13(14(16)17-2)12-6-4-3-5-11(10)12;/h3-9H,15H2,1-2H3;1H/t9-;/m0./s1. The van der Waals surface area contributed by atoms with E-state index < -0.39 is 0 Å². The van der Waals surface area contributed by atoms with Crippen molar-refractivity contribution in [2.24, 2.45) is 5.73 Å². The molecule has 4 heteroatoms. The molecule has 0 heterocycles. The molecule has 3 nitrogen and oxygen atoms in total. The minimum absolute atomic E-state index is 0. The van der Waals surface area contributed by atoms with Gasteiger partial charge in [0.2, 0.25) is 0 Å². The van der Waals surface area contributed by atoms with Gasteiger partial charge in [-0.2, -0.15) is 0 Å². The number of halogens is 1. The zero-order valence-corrected chi connectivity index (χ0v) is 11.2. The molecule has 0 saturated carbocycles. The van der Waals surface area contributed by atoms with Crippen molar-refractivity contribution < 1.29 is 9.53 Å². The number of ether oxygens (including phenoxy) is 1. The van der Waals surface area contributed by atoms with Crippen LogP contribution < -0.4 is 5.73 Å². The second-order valence-corrected chi connectivity index (χ2v) is 4.03. The number of carbonyl (C=O) groups is 1. The third kappa shape index (κ3) is 2.47. The van der Waals surface area contributed by atoms with Crippen molar-refractivity contribution in [3.8, 4) is 0 Å². The van der Waals surface area contributed by atoms with Gasteiger partial charge in [-0.05, 0) is 29.3 Å². The summed E-state index contributed by atoms with van der Waals surface area (Å²) in [5.41, 5.74) is 7.53. The van der Waals surface area contributed by atoms with E-state index in [1.165, 1.54) is 7.11 Å². The Morgan fingerprint density at radius 2 is 1.78 bits per heavy atom. The molecule has 0 saturated heterocycles. The SMILES string of the molecule is COC(=O)c1ccc([C@H](C)N)c2ccccc12.Cl. The molecule has 2 rings (SSSR count). The number of hydrogen-bond donors (Lipinski definition) is 1. The van der Waals surface area contributed by atoms with Crippen LogP contribution in [-0.4, -0.2) is 13.1 Å². The molecule has 2 aromatic rings. The van der Waals surface area contributed by atoms with Crippen LogP contribution in [0.15, 0.2) is 36.4 Å². The average Bonchev–Trinajstić information content (AvgIpc) is 2.36. The number of hydrogen-bond acceptors (Lipinski definition) is 3. The first-order valence-corrected chi connectivity index (χ1v) is 5.50. The highest BCUT2D eigenvalue weighted by molar-refractivity contribution is 6.05. The molecule has 1 atom stereocenters. The van der Waals surface area contributed by atoms with Crippen LogP contribution in [0.3, 0.4) is 0 Å². The molecule has 2 N–H and O–H groups in total. The normalized spacial score (nSPS) is 11.7. The number of esters is 1. The molecule has 0 unspecified atom stereocenters. The molecule has 0 aliphatic carbocycles. The fourth-order valence-corrected chi connectivity index (χ4v) is 2.01. The summed E-state index contributed by atoms with van der Waals surface area (Å²) in [6, 6.07) is 11.3. The minimum Gasteiger partial charge on any atom is -0.465 e. The van der Waals surface area contributed by atoms with Crippen LogP contribution in [0.2, 0.25) is 0 Å². The maximum absolute atomic E-state index is 11.7. The number of methoxy groups -OCH3 is 1. The molecule has 0 aliphatic heterocycles. The minimum atomic E-state index is -0.322. The van der Waals surface area contributed by atoms with Gasteiger partial charge in [-0.15, -0.1) is 12.4 Å². The molecule has 0 fully saturated rings. The van der Waals surface area contributed by atoms with Crippen LogP contribution in [0.25, 0.3) is 10.8 Å². The van der Waals surface area contributed by atoms with E-state index in [0.717, 1.165) is 16.3 Å². The van der Waals surface area contributed by atoms with Gasteiger partial charge in [0.15, 0.2) is 0 Å². The van der Waals surface area contributed by atoms with Gasteiger partial charge in [0.05, 0.1) is 12.7 Å². The van der Waals surface area contributed by atoms with E-state index in [4.69, 9.17) is 10.5 Å². The maximum Gasteiger partial charge on any atom is 0.338 e. The summed E-state index contributed by atoms with van der Waals surface area (Å²) in [7, 11) is 1.39. The van der Waals surface area contributed by atoms with Crippen molar-refractivity contribution in [1.82, 2.24) is 0 Å². The van der Waals surface area contributed by atoms with Gasteiger partial charge in [0.1, 0.15) is 0 Å². The zero-order valence-electron chi connectivity index (χ0n) is 10.3. The summed E-state index contributed by atoms with van der Waals surface area (Å²) in [6.07, 6.45) is 0. The Morgan fingerprint density at radius 3 is 2.33 bits per heavy atom. The average molecular weight is 266 g/mol. The van der Waals surface area contributed by atoms with Gasteiger partial charge in [-0.1, -0.05) is 30.3 Å². The lowest BCUT2D eigenvalue weighted by molar-refractivity contribution is 0.0603. The van der Waals surface area contributed by atoms with Crippen LogP contribution in [0.4, 0.5) is 0 Å². The molecule has 0 spiro atoms. The topological polar surface area (TPSA) is 52.3 Å². The molecule has 0 aromatic heterocycles. The zero-order chi connectivity index (χ0) is 12.4. The van der Waals surface area contributed by atoms with Crippen molar-refractivity contribution in [2.45, 2.75) is 13.0 Å². The second-order valence-electron chi connectivity index (χ2n) is 4.03. The van der Waals surface area contributed by atoms with E-state index in [-0.39, 0.29) is 24.4 Å². The summed E-state index contributed by atoms with van der Waals surface area (Å²) in [6.45, 7) is 1.93. The van der Waals surface area contributed by atoms with E-state index in [1.54, 1.807) is 6.07 Å². The Bertz CT molecular complexity index is 567. The molecule has 18 heavy (non-hydrogen) atoms. The highest BCUT2D eigenvalue weighted by Crippen LogP contribution is 2.26. The fourth-order valence-electron chi connectivity index (χ4n) is 2.01. The summed E-state index contributed by atoms with van der Waals surface area (Å²) in [5.74, 6) is -0.322. The van der Waals surface area contributed by atoms with Crippen LogP contribution >= 0.6 is 12.4 Å². The first-order valence-electron chi connectivity index (χ1n) is 5.50. The van der Waals surface area contributed by atoms with Crippen molar-refractivity contribution >= 4 is 29.1 Å². The molecular weight excluding hydrogens is 250 g/mol. The maximum atomic E-state index is 11.7. The molecular formula is C14H16ClNO2. The summed E-state index contributed by atoms with van der Waals surface area (Å²) < 4.78 is 4.77. The lowest BCUT2D eigenvalue weighted by Gasteiger charge is -2.12. The van der Waals surface area contributed by atoms with Gasteiger partial charge in [0.25, 0.3) is 0 Å². The molecule has 0 bridgehead atoms. The number of benzene rings is 2. The van der Waals surface area contributed by atoms with Crippen molar-refractivity contribution in [1.29, 1.82) is 0 Å². The van der Waals surface area contributed by atoms with Crippen LogP contribution in [0.1, 0.15) is 28.9 Å². The first-order chi connectivity index (χ1) is 8.15. The third-order valence-electron chi connectivity index (χ3n) is 2.85. The summed E-state index contributed by atoms with van der Waals surface area (Å²) in [4.78, 5) is 11.7. The second kappa shape index (κ2) is 5.85. The van der Waals surface area contributed by atoms with E-state index in [2.05, 4.69) is 0 Å². The fraction of sp³-hybridized carbons (Fsp3) is 0.214. The molecule has 0 amide bonds. The molecule has 2 aromatic carbocycles. The quantitative estimate of drug-likeness (QED) is 0.849. The van der Waals surface area contributed by atoms with Crippen molar-refractivity contribution in [3.05, 3.63) is 47.5 Å². The van der Waals surface area contributed by atoms with E-state index >= 15 is 0 Å². The third-order valence-corrected chi connectivity index (χ3v) is 2.85. The predicted octanol–water partition coefficient (Wildman–Crippen LogP) is 3.07. The Hall–Kier alpha value is -1.58. The van der Waals surface area contributed by atoms with Gasteiger partial charge in [-0.25, -0.2) is 4.79 Å². The number of nitrogens with two attached hydrogens (primary N) is 1. The van der Waals surface area contributed by atoms with Crippen LogP contribution in [0, 0.1) is 0 Å². The van der Waals surface area contributed by atoms with Crippen LogP contribution in [0.5, 0.6) is 0 Å². The predicted molar refractivity (Wildman–Crippen MR) is 75.1 cm³/mol. The first kappa shape index (κ1) is 14.5. The largest absolute Gasteiger partial charge is 0.465 e. The molecule has 96 valence electrons. The molecule has 0 radical (unpaired) electrons. The summed E-state index contributed by atoms with van der Waals surface area (Å²) >= 11 is 0. The van der Waals surface area contributed by atoms with Crippen molar-refractivity contribution in [2.75, 3.05) is 7.11 Å². The summed E-state index contributed by atoms with van der Waals surface area (Å²) in [5, 5.41) is 1.89. The molecule has 0 aliphatic rings. The number of carbonyl (C=O) groups excluding carboxylic acids is 1. The van der Waals surface area contributed by atoms with E-state index in [1.807, 2.05) is 37.3 Å². The van der Waals surface area contributed by atoms with E-state index in [0.29, 0.717) is 5.56 Å². The van der Waals surface area contributed by atoms with Crippen LogP contribution in [-0.2, 0) is 4.74 Å². The lowest BCUT2D eigenvalue weighted by atomic mass is 9.96. The van der Waals surface area contributed by atoms with Crippen molar-refractivity contribution in [3.63, 3.8) is 0 Å². The smallest absolute Gasteiger partial charge is 0.338 e. The van der Waals surface area contributed by atoms with Gasteiger partial charge in [-0.3, -0.25) is 0 Å². The number of fused-ring (bicyclic) bond motifs is 1. The Balaban J connectivity index is 0.00000162. The monoisotopic (exact) mass is 265 g/mol. The highest BCUT2D eigenvalue weighted by Gasteiger charge is 2.13. The Labute approximate surface area is 112 Å².